The van der Waals surface area contributed by atoms with Crippen molar-refractivity contribution in [1.82, 2.24) is 20.6 Å². The number of carbonyl (C=O) groups is 2. The van der Waals surface area contributed by atoms with Crippen molar-refractivity contribution in [2.75, 3.05) is 12.4 Å². The van der Waals surface area contributed by atoms with Gasteiger partial charge in [0.25, 0.3) is 0 Å². The van der Waals surface area contributed by atoms with E-state index < -0.39 is 6.04 Å². The van der Waals surface area contributed by atoms with Gasteiger partial charge in [0.15, 0.2) is 5.82 Å². The summed E-state index contributed by atoms with van der Waals surface area (Å²) >= 11 is 0. The van der Waals surface area contributed by atoms with E-state index in [4.69, 9.17) is 4.74 Å². The van der Waals surface area contributed by atoms with Gasteiger partial charge in [0.05, 0.1) is 19.2 Å². The molecule has 2 aromatic rings. The Morgan fingerprint density at radius 3 is 2.71 bits per heavy atom. The fourth-order valence-corrected chi connectivity index (χ4v) is 6.83. The van der Waals surface area contributed by atoms with Gasteiger partial charge in [0.2, 0.25) is 0 Å². The largest absolute Gasteiger partial charge is 0.467 e. The van der Waals surface area contributed by atoms with Crippen LogP contribution in [0.3, 0.4) is 0 Å². The highest BCUT2D eigenvalue weighted by atomic mass is 16.5. The Bertz CT molecular complexity index is 1090. The summed E-state index contributed by atoms with van der Waals surface area (Å²) in [6.45, 7) is 4.11. The number of carbonyl (C=O) groups excluding carboxylic acids is 2. The average Bonchev–Trinajstić information content (AvgIpc) is 2.79. The number of urea groups is 1. The maximum absolute atomic E-state index is 12.8. The topological polar surface area (TPSA) is 105 Å². The van der Waals surface area contributed by atoms with Crippen molar-refractivity contribution in [3.63, 3.8) is 0 Å². The van der Waals surface area contributed by atoms with Gasteiger partial charge in [-0.2, -0.15) is 0 Å². The highest BCUT2D eigenvalue weighted by Gasteiger charge is 2.61. The first kappa shape index (κ1) is 22.9. The number of nitrogens with one attached hydrogen (secondary N) is 3. The molecule has 182 valence electrons. The van der Waals surface area contributed by atoms with Gasteiger partial charge in [0.1, 0.15) is 11.9 Å². The second-order valence-electron chi connectivity index (χ2n) is 11.0. The molecule has 2 amide bonds. The highest BCUT2D eigenvalue weighted by Crippen LogP contribution is 2.65. The Morgan fingerprint density at radius 2 is 1.97 bits per heavy atom. The number of ether oxygens (including phenoxy) is 1. The van der Waals surface area contributed by atoms with Crippen LogP contribution in [-0.2, 0) is 16.1 Å². The summed E-state index contributed by atoms with van der Waals surface area (Å²) in [5, 5.41) is 10.3. The van der Waals surface area contributed by atoms with E-state index in [0.29, 0.717) is 17.1 Å². The maximum Gasteiger partial charge on any atom is 0.328 e. The maximum atomic E-state index is 12.8. The number of para-hydroxylation sites is 1. The lowest BCUT2D eigenvalue weighted by molar-refractivity contribution is -0.142. The summed E-state index contributed by atoms with van der Waals surface area (Å²) in [5.74, 6) is 1.48. The molecule has 8 heteroatoms. The molecule has 0 radical (unpaired) electrons. The van der Waals surface area contributed by atoms with E-state index >= 15 is 0 Å². The highest BCUT2D eigenvalue weighted by molar-refractivity contribution is 5.91. The number of rotatable bonds is 7. The molecule has 6 rings (SSSR count). The first-order valence-electron chi connectivity index (χ1n) is 12.5. The Morgan fingerprint density at radius 1 is 1.18 bits per heavy atom. The van der Waals surface area contributed by atoms with Crippen molar-refractivity contribution in [1.29, 1.82) is 0 Å². The zero-order valence-electron chi connectivity index (χ0n) is 20.3. The Labute approximate surface area is 200 Å². The van der Waals surface area contributed by atoms with Crippen LogP contribution in [0.25, 0.3) is 10.9 Å². The molecule has 0 aliphatic heterocycles. The molecular formula is C26H35N5O3. The third-order valence-electron chi connectivity index (χ3n) is 8.00. The molecule has 1 spiro atoms. The fourth-order valence-electron chi connectivity index (χ4n) is 6.83. The molecule has 0 unspecified atom stereocenters. The van der Waals surface area contributed by atoms with Crippen LogP contribution in [0.4, 0.5) is 10.6 Å². The molecule has 1 heterocycles. The number of hydrogen-bond donors (Lipinski definition) is 3. The van der Waals surface area contributed by atoms with Crippen LogP contribution in [0, 0.1) is 17.3 Å². The summed E-state index contributed by atoms with van der Waals surface area (Å²) in [7, 11) is 1.38. The van der Waals surface area contributed by atoms with E-state index in [-0.39, 0.29) is 30.0 Å². The van der Waals surface area contributed by atoms with Crippen LogP contribution in [0.5, 0.6) is 0 Å². The number of hydrogen-bond acceptors (Lipinski definition) is 6. The van der Waals surface area contributed by atoms with E-state index in [9.17, 15) is 9.59 Å². The number of benzene rings is 1. The zero-order chi connectivity index (χ0) is 23.9. The number of esters is 1. The van der Waals surface area contributed by atoms with Gasteiger partial charge < -0.3 is 20.7 Å². The number of fused-ring (bicyclic) bond motifs is 1. The van der Waals surface area contributed by atoms with Gasteiger partial charge in [-0.25, -0.2) is 19.6 Å². The molecular weight excluding hydrogens is 430 g/mol. The Hall–Kier alpha value is -2.90. The van der Waals surface area contributed by atoms with Gasteiger partial charge in [0, 0.05) is 10.9 Å². The van der Waals surface area contributed by atoms with Crippen LogP contribution in [0.1, 0.15) is 64.6 Å². The SMILES string of the molecule is COC(=O)[C@@H](Nc1nc(CNC(=O)NC23C[C@@H]4CCCC(C4)(C2)C3)nc2ccccc12)C(C)C. The van der Waals surface area contributed by atoms with Crippen molar-refractivity contribution >= 4 is 28.7 Å². The first-order chi connectivity index (χ1) is 16.3. The Balaban J connectivity index is 1.28. The predicted octanol–water partition coefficient (Wildman–Crippen LogP) is 4.15. The van der Waals surface area contributed by atoms with Gasteiger partial charge in [-0.05, 0) is 61.5 Å². The molecule has 1 aromatic heterocycles. The van der Waals surface area contributed by atoms with Crippen molar-refractivity contribution in [2.45, 2.75) is 76.9 Å². The summed E-state index contributed by atoms with van der Waals surface area (Å²) in [6, 6.07) is 6.95. The molecule has 4 aliphatic carbocycles. The minimum absolute atomic E-state index is 0.00791. The monoisotopic (exact) mass is 465 g/mol. The minimum Gasteiger partial charge on any atom is -0.467 e. The molecule has 0 saturated heterocycles. The third kappa shape index (κ3) is 4.30. The number of methoxy groups -OCH3 is 1. The lowest BCUT2D eigenvalue weighted by atomic mass is 9.43. The molecule has 4 saturated carbocycles. The van der Waals surface area contributed by atoms with Crippen molar-refractivity contribution in [3.8, 4) is 0 Å². The lowest BCUT2D eigenvalue weighted by Gasteiger charge is -2.65. The fraction of sp³-hybridized carbons (Fsp3) is 0.615. The normalized spacial score (nSPS) is 28.1. The molecule has 34 heavy (non-hydrogen) atoms. The molecule has 3 bridgehead atoms. The van der Waals surface area contributed by atoms with Crippen LogP contribution in [0.2, 0.25) is 0 Å². The van der Waals surface area contributed by atoms with Gasteiger partial charge in [-0.1, -0.05) is 38.8 Å². The van der Waals surface area contributed by atoms with Gasteiger partial charge >= 0.3 is 12.0 Å². The smallest absolute Gasteiger partial charge is 0.328 e. The molecule has 8 nitrogen and oxygen atoms in total. The van der Waals surface area contributed by atoms with Gasteiger partial charge in [-0.15, -0.1) is 0 Å². The second kappa shape index (κ2) is 8.71. The van der Waals surface area contributed by atoms with Gasteiger partial charge in [-0.3, -0.25) is 0 Å². The molecule has 2 atom stereocenters. The van der Waals surface area contributed by atoms with E-state index in [1.54, 1.807) is 0 Å². The quantitative estimate of drug-likeness (QED) is 0.531. The number of nitrogens with zero attached hydrogens (tertiary/aromatic N) is 2. The van der Waals surface area contributed by atoms with Crippen LogP contribution in [0.15, 0.2) is 24.3 Å². The first-order valence-corrected chi connectivity index (χ1v) is 12.5. The van der Waals surface area contributed by atoms with Crippen LogP contribution < -0.4 is 16.0 Å². The molecule has 1 aromatic carbocycles. The summed E-state index contributed by atoms with van der Waals surface area (Å²) < 4.78 is 4.97. The molecule has 4 fully saturated rings. The summed E-state index contributed by atoms with van der Waals surface area (Å²) in [5.41, 5.74) is 1.21. The summed E-state index contributed by atoms with van der Waals surface area (Å²) in [4.78, 5) is 34.4. The van der Waals surface area contributed by atoms with Crippen molar-refractivity contribution < 1.29 is 14.3 Å². The second-order valence-corrected chi connectivity index (χ2v) is 11.0. The number of amides is 2. The molecule has 4 aliphatic rings. The number of aromatic nitrogens is 2. The van der Waals surface area contributed by atoms with E-state index in [2.05, 4.69) is 25.9 Å². The van der Waals surface area contributed by atoms with E-state index in [1.807, 2.05) is 38.1 Å². The van der Waals surface area contributed by atoms with E-state index in [0.717, 1.165) is 36.1 Å². The summed E-state index contributed by atoms with van der Waals surface area (Å²) in [6.07, 6.45) is 8.66. The third-order valence-corrected chi connectivity index (χ3v) is 8.00. The predicted molar refractivity (Wildman–Crippen MR) is 130 cm³/mol. The van der Waals surface area contributed by atoms with E-state index in [1.165, 1.54) is 32.8 Å². The lowest BCUT2D eigenvalue weighted by Crippen LogP contribution is -2.68. The zero-order valence-corrected chi connectivity index (χ0v) is 20.3. The van der Waals surface area contributed by atoms with Crippen LogP contribution in [-0.4, -0.2) is 40.7 Å². The number of anilines is 1. The van der Waals surface area contributed by atoms with Crippen molar-refractivity contribution in [3.05, 3.63) is 30.1 Å². The minimum atomic E-state index is -0.539. The average molecular weight is 466 g/mol. The van der Waals surface area contributed by atoms with Crippen molar-refractivity contribution in [2.24, 2.45) is 17.3 Å². The molecule has 3 N–H and O–H groups in total. The Kier molecular flexibility index (Phi) is 5.86. The standard InChI is InChI=1S/C26H35N5O3/c1-16(2)21(23(32)34-3)30-22-18-8-4-5-9-19(18)28-20(29-22)13-27-24(33)31-26-12-17-7-6-10-25(11-17,14-26)15-26/h4-5,8-9,16-17,21H,6-7,10-15H2,1-3H3,(H2,27,31,33)(H,28,29,30)/t17-,21+,25?,26?/m1/s1. The van der Waals surface area contributed by atoms with Crippen LogP contribution >= 0.6 is 0 Å².